The average Bonchev–Trinajstić information content (AvgIpc) is 2.60. The first-order valence-electron chi connectivity index (χ1n) is 8.03. The van der Waals surface area contributed by atoms with Crippen LogP contribution in [0.1, 0.15) is 23.6 Å². The highest BCUT2D eigenvalue weighted by Crippen LogP contribution is 2.21. The molecule has 2 N–H and O–H groups in total. The van der Waals surface area contributed by atoms with Crippen LogP contribution >= 0.6 is 15.9 Å². The molecule has 0 spiro atoms. The molecule has 0 aromatic heterocycles. The van der Waals surface area contributed by atoms with Gasteiger partial charge in [0.1, 0.15) is 11.6 Å². The van der Waals surface area contributed by atoms with Gasteiger partial charge in [-0.25, -0.2) is 4.39 Å². The van der Waals surface area contributed by atoms with Gasteiger partial charge in [0, 0.05) is 0 Å². The number of carbonyl (C=O) groups excluding carboxylic acids is 2. The van der Waals surface area contributed by atoms with Crippen molar-refractivity contribution in [1.29, 1.82) is 0 Å². The number of hydrazine groups is 1. The Hall–Kier alpha value is -2.41. The predicted octanol–water partition coefficient (Wildman–Crippen LogP) is 3.36. The maximum atomic E-state index is 13.2. The van der Waals surface area contributed by atoms with Crippen molar-refractivity contribution >= 4 is 27.7 Å². The largest absolute Gasteiger partial charge is 0.481 e. The summed E-state index contributed by atoms with van der Waals surface area (Å²) in [5.74, 6) is -0.676. The lowest BCUT2D eigenvalue weighted by atomic mass is 10.1. The lowest BCUT2D eigenvalue weighted by molar-refractivity contribution is -0.132. The molecule has 26 heavy (non-hydrogen) atoms. The number of benzene rings is 2. The minimum absolute atomic E-state index is 0.00534. The maximum Gasteiger partial charge on any atom is 0.279 e. The summed E-state index contributed by atoms with van der Waals surface area (Å²) in [6.45, 7) is 5.47. The minimum atomic E-state index is -0.782. The fourth-order valence-corrected chi connectivity index (χ4v) is 2.63. The van der Waals surface area contributed by atoms with E-state index in [-0.39, 0.29) is 10.9 Å². The summed E-state index contributed by atoms with van der Waals surface area (Å²) in [5, 5.41) is 0. The Morgan fingerprint density at radius 2 is 1.92 bits per heavy atom. The van der Waals surface area contributed by atoms with E-state index >= 15 is 0 Å². The Morgan fingerprint density at radius 3 is 2.62 bits per heavy atom. The molecule has 0 radical (unpaired) electrons. The molecule has 5 nitrogen and oxygen atoms in total. The molecule has 138 valence electrons. The Morgan fingerprint density at radius 1 is 1.19 bits per heavy atom. The van der Waals surface area contributed by atoms with Crippen molar-refractivity contribution in [2.24, 2.45) is 0 Å². The van der Waals surface area contributed by atoms with E-state index in [1.54, 1.807) is 13.0 Å². The Labute approximate surface area is 160 Å². The normalized spacial score (nSPS) is 11.6. The quantitative estimate of drug-likeness (QED) is 0.725. The highest BCUT2D eigenvalue weighted by atomic mass is 79.9. The summed E-state index contributed by atoms with van der Waals surface area (Å²) >= 11 is 3.07. The van der Waals surface area contributed by atoms with Gasteiger partial charge in [0.05, 0.1) is 10.9 Å². The van der Waals surface area contributed by atoms with Crippen molar-refractivity contribution in [3.05, 3.63) is 63.4 Å². The van der Waals surface area contributed by atoms with E-state index in [0.717, 1.165) is 11.1 Å². The van der Waals surface area contributed by atoms with Gasteiger partial charge in [0.25, 0.3) is 5.91 Å². The number of ether oxygens (including phenoxy) is 1. The van der Waals surface area contributed by atoms with Crippen LogP contribution in [-0.4, -0.2) is 17.9 Å². The second-order valence-electron chi connectivity index (χ2n) is 5.92. The van der Waals surface area contributed by atoms with Crippen molar-refractivity contribution in [1.82, 2.24) is 10.9 Å². The first kappa shape index (κ1) is 19.9. The lowest BCUT2D eigenvalue weighted by Gasteiger charge is -2.17. The molecular formula is C19H20BrFN2O3. The number of aryl methyl sites for hydroxylation is 1. The third-order valence-corrected chi connectivity index (χ3v) is 4.51. The van der Waals surface area contributed by atoms with Gasteiger partial charge in [-0.15, -0.1) is 0 Å². The topological polar surface area (TPSA) is 67.4 Å². The monoisotopic (exact) mass is 422 g/mol. The highest BCUT2D eigenvalue weighted by molar-refractivity contribution is 9.10. The molecule has 0 heterocycles. The molecule has 0 aliphatic rings. The van der Waals surface area contributed by atoms with Crippen LogP contribution in [-0.2, 0) is 16.0 Å². The molecule has 0 fully saturated rings. The molecule has 1 unspecified atom stereocenters. The van der Waals surface area contributed by atoms with E-state index in [9.17, 15) is 14.0 Å². The van der Waals surface area contributed by atoms with Gasteiger partial charge in [0.15, 0.2) is 6.10 Å². The van der Waals surface area contributed by atoms with Crippen LogP contribution in [0.5, 0.6) is 5.75 Å². The van der Waals surface area contributed by atoms with Crippen LogP contribution < -0.4 is 15.6 Å². The zero-order valence-corrected chi connectivity index (χ0v) is 16.3. The number of amides is 2. The number of hydrogen-bond donors (Lipinski definition) is 2. The standard InChI is InChI=1S/C19H20BrFN2O3/c1-11-5-4-6-17(12(11)2)26-13(3)19(25)23-22-18(24)10-14-7-8-16(21)15(20)9-14/h4-9,13H,10H2,1-3H3,(H,22,24)(H,23,25). The van der Waals surface area contributed by atoms with E-state index in [1.165, 1.54) is 18.2 Å². The molecule has 2 rings (SSSR count). The minimum Gasteiger partial charge on any atom is -0.481 e. The van der Waals surface area contributed by atoms with Gasteiger partial charge in [-0.3, -0.25) is 20.4 Å². The zero-order valence-electron chi connectivity index (χ0n) is 14.7. The van der Waals surface area contributed by atoms with Crippen LogP contribution in [0.25, 0.3) is 0 Å². The summed E-state index contributed by atoms with van der Waals surface area (Å²) in [6, 6.07) is 9.89. The molecule has 0 saturated heterocycles. The molecule has 0 saturated carbocycles. The third-order valence-electron chi connectivity index (χ3n) is 3.90. The van der Waals surface area contributed by atoms with Gasteiger partial charge in [-0.05, 0) is 71.6 Å². The van der Waals surface area contributed by atoms with E-state index in [4.69, 9.17) is 4.74 Å². The number of nitrogens with one attached hydrogen (secondary N) is 2. The van der Waals surface area contributed by atoms with Crippen LogP contribution in [0.15, 0.2) is 40.9 Å². The molecule has 2 aromatic rings. The summed E-state index contributed by atoms with van der Waals surface area (Å²) < 4.78 is 19.1. The van der Waals surface area contributed by atoms with Gasteiger partial charge in [-0.1, -0.05) is 18.2 Å². The molecule has 7 heteroatoms. The van der Waals surface area contributed by atoms with E-state index in [2.05, 4.69) is 26.8 Å². The average molecular weight is 423 g/mol. The highest BCUT2D eigenvalue weighted by Gasteiger charge is 2.17. The Kier molecular flexibility index (Phi) is 6.74. The van der Waals surface area contributed by atoms with Crippen LogP contribution in [0.2, 0.25) is 0 Å². The fraction of sp³-hybridized carbons (Fsp3) is 0.263. The van der Waals surface area contributed by atoms with Gasteiger partial charge in [-0.2, -0.15) is 0 Å². The van der Waals surface area contributed by atoms with Crippen molar-refractivity contribution < 1.29 is 18.7 Å². The van der Waals surface area contributed by atoms with Gasteiger partial charge < -0.3 is 4.74 Å². The second kappa shape index (κ2) is 8.80. The van der Waals surface area contributed by atoms with E-state index in [1.807, 2.05) is 26.0 Å². The molecule has 0 bridgehead atoms. The summed E-state index contributed by atoms with van der Waals surface area (Å²) in [7, 11) is 0. The van der Waals surface area contributed by atoms with Crippen LogP contribution in [0.4, 0.5) is 4.39 Å². The fourth-order valence-electron chi connectivity index (χ4n) is 2.21. The third kappa shape index (κ3) is 5.29. The summed E-state index contributed by atoms with van der Waals surface area (Å²) in [5.41, 5.74) is 7.30. The molecule has 2 aromatic carbocycles. The smallest absolute Gasteiger partial charge is 0.279 e. The molecule has 0 aliphatic heterocycles. The predicted molar refractivity (Wildman–Crippen MR) is 100 cm³/mol. The Bertz CT molecular complexity index is 826. The summed E-state index contributed by atoms with van der Waals surface area (Å²) in [6.07, 6.45) is -0.776. The van der Waals surface area contributed by atoms with Crippen LogP contribution in [0.3, 0.4) is 0 Å². The van der Waals surface area contributed by atoms with Crippen molar-refractivity contribution in [2.75, 3.05) is 0 Å². The first-order chi connectivity index (χ1) is 12.3. The van der Waals surface area contributed by atoms with Crippen LogP contribution in [0, 0.1) is 19.7 Å². The number of carbonyl (C=O) groups is 2. The second-order valence-corrected chi connectivity index (χ2v) is 6.78. The number of rotatable bonds is 5. The molecule has 1 atom stereocenters. The lowest BCUT2D eigenvalue weighted by Crippen LogP contribution is -2.47. The molecule has 0 aliphatic carbocycles. The number of halogens is 2. The molecular weight excluding hydrogens is 403 g/mol. The van der Waals surface area contributed by atoms with Crippen molar-refractivity contribution in [3.63, 3.8) is 0 Å². The van der Waals surface area contributed by atoms with Gasteiger partial charge >= 0.3 is 0 Å². The number of hydrogen-bond acceptors (Lipinski definition) is 3. The summed E-state index contributed by atoms with van der Waals surface area (Å²) in [4.78, 5) is 24.0. The maximum absolute atomic E-state index is 13.2. The van der Waals surface area contributed by atoms with E-state index in [0.29, 0.717) is 11.3 Å². The molecule has 2 amide bonds. The SMILES string of the molecule is Cc1cccc(OC(C)C(=O)NNC(=O)Cc2ccc(F)c(Br)c2)c1C. The first-order valence-corrected chi connectivity index (χ1v) is 8.82. The van der Waals surface area contributed by atoms with Gasteiger partial charge in [0.2, 0.25) is 5.91 Å². The zero-order chi connectivity index (χ0) is 19.3. The van der Waals surface area contributed by atoms with Crippen molar-refractivity contribution in [3.8, 4) is 5.75 Å². The van der Waals surface area contributed by atoms with Crippen molar-refractivity contribution in [2.45, 2.75) is 33.3 Å². The Balaban J connectivity index is 1.85. The van der Waals surface area contributed by atoms with E-state index < -0.39 is 23.7 Å².